The molecule has 1 aromatic carbocycles. The highest BCUT2D eigenvalue weighted by molar-refractivity contribution is 5.40. The summed E-state index contributed by atoms with van der Waals surface area (Å²) in [7, 11) is 0. The molecule has 3 heteroatoms. The summed E-state index contributed by atoms with van der Waals surface area (Å²) >= 11 is 0. The molecule has 0 unspecified atom stereocenters. The van der Waals surface area contributed by atoms with Gasteiger partial charge in [-0.25, -0.2) is 5.11 Å². The minimum Gasteiger partial charge on any atom is -0.491 e. The third-order valence-electron chi connectivity index (χ3n) is 2.17. The molecule has 0 bridgehead atoms. The number of aliphatic hydroxyl groups is 1. The van der Waals surface area contributed by atoms with Crippen molar-refractivity contribution in [2.24, 2.45) is 0 Å². The number of hydrogen-bond acceptors (Lipinski definition) is 2. The molecule has 1 rings (SSSR count). The summed E-state index contributed by atoms with van der Waals surface area (Å²) in [4.78, 5) is 0. The van der Waals surface area contributed by atoms with Crippen LogP contribution in [-0.4, -0.2) is 18.3 Å². The smallest absolute Gasteiger partial charge is 0.119 e. The number of ether oxygens (including phenoxy) is 1. The SMILES string of the molecule is Cc1cc(OCCO)cc(C)c1C[O]. The van der Waals surface area contributed by atoms with E-state index < -0.39 is 0 Å². The molecule has 0 aliphatic heterocycles. The van der Waals surface area contributed by atoms with E-state index in [1.165, 1.54) is 0 Å². The summed E-state index contributed by atoms with van der Waals surface area (Å²) < 4.78 is 5.26. The van der Waals surface area contributed by atoms with Gasteiger partial charge in [0.15, 0.2) is 0 Å². The van der Waals surface area contributed by atoms with Gasteiger partial charge in [-0.3, -0.25) is 0 Å². The average Bonchev–Trinajstić information content (AvgIpc) is 2.14. The van der Waals surface area contributed by atoms with Crippen molar-refractivity contribution in [2.75, 3.05) is 13.2 Å². The summed E-state index contributed by atoms with van der Waals surface area (Å²) in [5.74, 6) is 0.714. The van der Waals surface area contributed by atoms with Crippen molar-refractivity contribution in [1.82, 2.24) is 0 Å². The lowest BCUT2D eigenvalue weighted by atomic mass is 10.0. The summed E-state index contributed by atoms with van der Waals surface area (Å²) in [5, 5.41) is 19.4. The fourth-order valence-corrected chi connectivity index (χ4v) is 1.43. The Balaban J connectivity index is 2.90. The van der Waals surface area contributed by atoms with Gasteiger partial charge in [-0.05, 0) is 42.7 Å². The summed E-state index contributed by atoms with van der Waals surface area (Å²) in [6, 6.07) is 3.66. The van der Waals surface area contributed by atoms with Gasteiger partial charge in [0.1, 0.15) is 19.0 Å². The van der Waals surface area contributed by atoms with Crippen molar-refractivity contribution in [3.05, 3.63) is 28.8 Å². The monoisotopic (exact) mass is 195 g/mol. The molecule has 1 aromatic rings. The van der Waals surface area contributed by atoms with Crippen LogP contribution in [0.25, 0.3) is 0 Å². The molecule has 0 spiro atoms. The molecule has 0 saturated carbocycles. The van der Waals surface area contributed by atoms with Crippen molar-refractivity contribution in [1.29, 1.82) is 0 Å². The van der Waals surface area contributed by atoms with Gasteiger partial charge < -0.3 is 9.84 Å². The molecular weight excluding hydrogens is 180 g/mol. The van der Waals surface area contributed by atoms with E-state index in [-0.39, 0.29) is 19.8 Å². The van der Waals surface area contributed by atoms with E-state index in [1.54, 1.807) is 0 Å². The van der Waals surface area contributed by atoms with Gasteiger partial charge >= 0.3 is 0 Å². The Kier molecular flexibility index (Phi) is 3.92. The van der Waals surface area contributed by atoms with Crippen LogP contribution in [0.4, 0.5) is 0 Å². The average molecular weight is 195 g/mol. The first kappa shape index (κ1) is 11.0. The van der Waals surface area contributed by atoms with Gasteiger partial charge in [0.2, 0.25) is 0 Å². The van der Waals surface area contributed by atoms with Crippen molar-refractivity contribution < 1.29 is 14.9 Å². The number of aryl methyl sites for hydroxylation is 2. The molecule has 0 heterocycles. The minimum absolute atomic E-state index is 0.00139. The Morgan fingerprint density at radius 2 is 1.86 bits per heavy atom. The van der Waals surface area contributed by atoms with E-state index in [0.29, 0.717) is 5.75 Å². The van der Waals surface area contributed by atoms with E-state index in [1.807, 2.05) is 26.0 Å². The zero-order valence-corrected chi connectivity index (χ0v) is 8.54. The highest BCUT2D eigenvalue weighted by Gasteiger charge is 2.04. The van der Waals surface area contributed by atoms with E-state index in [2.05, 4.69) is 0 Å². The number of benzene rings is 1. The van der Waals surface area contributed by atoms with Crippen LogP contribution in [-0.2, 0) is 11.7 Å². The molecule has 1 radical (unpaired) electrons. The van der Waals surface area contributed by atoms with E-state index in [9.17, 15) is 5.11 Å². The fourth-order valence-electron chi connectivity index (χ4n) is 1.43. The number of aliphatic hydroxyl groups excluding tert-OH is 1. The Morgan fingerprint density at radius 3 is 2.29 bits per heavy atom. The van der Waals surface area contributed by atoms with Crippen molar-refractivity contribution in [2.45, 2.75) is 20.5 Å². The van der Waals surface area contributed by atoms with Crippen LogP contribution in [0.15, 0.2) is 12.1 Å². The first-order valence-corrected chi connectivity index (χ1v) is 4.61. The summed E-state index contributed by atoms with van der Waals surface area (Å²) in [5.41, 5.74) is 2.74. The zero-order chi connectivity index (χ0) is 10.6. The van der Waals surface area contributed by atoms with E-state index >= 15 is 0 Å². The quantitative estimate of drug-likeness (QED) is 0.793. The Morgan fingerprint density at radius 1 is 1.29 bits per heavy atom. The molecular formula is C11H15O3. The van der Waals surface area contributed by atoms with E-state index in [4.69, 9.17) is 9.84 Å². The topological polar surface area (TPSA) is 49.4 Å². The second-order valence-corrected chi connectivity index (χ2v) is 3.25. The molecule has 0 aromatic heterocycles. The molecule has 0 saturated heterocycles. The standard InChI is InChI=1S/C11H15O3/c1-8-5-10(14-4-3-12)6-9(2)11(8)7-13/h5-6,12H,3-4,7H2,1-2H3. The largest absolute Gasteiger partial charge is 0.491 e. The van der Waals surface area contributed by atoms with Gasteiger partial charge in [-0.2, -0.15) is 0 Å². The third kappa shape index (κ3) is 2.47. The predicted molar refractivity (Wildman–Crippen MR) is 52.9 cm³/mol. The molecule has 14 heavy (non-hydrogen) atoms. The van der Waals surface area contributed by atoms with Crippen molar-refractivity contribution >= 4 is 0 Å². The second kappa shape index (κ2) is 4.98. The fraction of sp³-hybridized carbons (Fsp3) is 0.455. The van der Waals surface area contributed by atoms with Crippen LogP contribution in [0, 0.1) is 13.8 Å². The Bertz CT molecular complexity index is 284. The van der Waals surface area contributed by atoms with Gasteiger partial charge in [-0.15, -0.1) is 0 Å². The predicted octanol–water partition coefficient (Wildman–Crippen LogP) is 1.61. The summed E-state index contributed by atoms with van der Waals surface area (Å²) in [6.45, 7) is 3.88. The van der Waals surface area contributed by atoms with Gasteiger partial charge in [0, 0.05) is 0 Å². The van der Waals surface area contributed by atoms with Gasteiger partial charge in [-0.1, -0.05) is 0 Å². The maximum atomic E-state index is 10.8. The van der Waals surface area contributed by atoms with Gasteiger partial charge in [0.25, 0.3) is 0 Å². The van der Waals surface area contributed by atoms with Crippen LogP contribution in [0.2, 0.25) is 0 Å². The lowest BCUT2D eigenvalue weighted by Gasteiger charge is -2.10. The molecule has 0 amide bonds. The maximum Gasteiger partial charge on any atom is 0.119 e. The highest BCUT2D eigenvalue weighted by Crippen LogP contribution is 2.21. The molecule has 0 aliphatic carbocycles. The Hall–Kier alpha value is -1.06. The maximum absolute atomic E-state index is 10.8. The van der Waals surface area contributed by atoms with Crippen molar-refractivity contribution in [3.63, 3.8) is 0 Å². The second-order valence-electron chi connectivity index (χ2n) is 3.25. The van der Waals surface area contributed by atoms with Crippen LogP contribution < -0.4 is 4.74 Å². The molecule has 1 N–H and O–H groups in total. The first-order valence-electron chi connectivity index (χ1n) is 4.61. The van der Waals surface area contributed by atoms with Gasteiger partial charge in [0.05, 0.1) is 6.61 Å². The zero-order valence-electron chi connectivity index (χ0n) is 8.54. The number of rotatable bonds is 4. The third-order valence-corrected chi connectivity index (χ3v) is 2.17. The lowest BCUT2D eigenvalue weighted by molar-refractivity contribution is 0.176. The first-order chi connectivity index (χ1) is 6.69. The van der Waals surface area contributed by atoms with Crippen LogP contribution in [0.1, 0.15) is 16.7 Å². The molecule has 77 valence electrons. The molecule has 0 atom stereocenters. The van der Waals surface area contributed by atoms with Crippen LogP contribution >= 0.6 is 0 Å². The molecule has 0 aliphatic rings. The van der Waals surface area contributed by atoms with Crippen LogP contribution in [0.5, 0.6) is 5.75 Å². The minimum atomic E-state index is -0.196. The van der Waals surface area contributed by atoms with E-state index in [0.717, 1.165) is 16.7 Å². The van der Waals surface area contributed by atoms with Crippen LogP contribution in [0.3, 0.4) is 0 Å². The highest BCUT2D eigenvalue weighted by atomic mass is 16.5. The van der Waals surface area contributed by atoms with Crippen molar-refractivity contribution in [3.8, 4) is 5.75 Å². The molecule has 0 fully saturated rings. The summed E-state index contributed by atoms with van der Waals surface area (Å²) in [6.07, 6.45) is 0. The number of hydrogen-bond donors (Lipinski definition) is 1. The lowest BCUT2D eigenvalue weighted by Crippen LogP contribution is -2.03. The Labute approximate surface area is 84.0 Å². The normalized spacial score (nSPS) is 10.3. The molecule has 3 nitrogen and oxygen atoms in total.